The van der Waals surface area contributed by atoms with E-state index in [0.717, 1.165) is 22.3 Å². The molecule has 0 aliphatic heterocycles. The van der Waals surface area contributed by atoms with Crippen LogP contribution in [0.5, 0.6) is 0 Å². The highest BCUT2D eigenvalue weighted by atomic mass is 14.7. The molecule has 0 saturated heterocycles. The first-order chi connectivity index (χ1) is 18.0. The Bertz CT molecular complexity index is 1930. The molecule has 2 aliphatic rings. The molecule has 8 N–H and O–H groups in total. The third-order valence-corrected chi connectivity index (χ3v) is 7.96. The molecule has 5 aromatic carbocycles. The van der Waals surface area contributed by atoms with Gasteiger partial charge in [-0.1, -0.05) is 91.0 Å². The SMILES string of the molecule is Nc1cccc(C2(c3cccc(N)c3N)C=CC=C3C=c4c(c5ccccc5c5ccccc45)=C32)c1N. The van der Waals surface area contributed by atoms with Crippen LogP contribution in [-0.2, 0) is 5.41 Å². The van der Waals surface area contributed by atoms with E-state index >= 15 is 0 Å². The van der Waals surface area contributed by atoms with Crippen molar-refractivity contribution in [2.45, 2.75) is 5.41 Å². The van der Waals surface area contributed by atoms with E-state index in [1.54, 1.807) is 0 Å². The number of hydrogen-bond acceptors (Lipinski definition) is 4. The van der Waals surface area contributed by atoms with E-state index in [9.17, 15) is 0 Å². The van der Waals surface area contributed by atoms with Gasteiger partial charge in [-0.25, -0.2) is 0 Å². The van der Waals surface area contributed by atoms with Crippen molar-refractivity contribution in [3.8, 4) is 0 Å². The minimum Gasteiger partial charge on any atom is -0.397 e. The minimum atomic E-state index is -0.796. The molecule has 178 valence electrons. The maximum absolute atomic E-state index is 6.76. The Morgan fingerprint density at radius 1 is 0.541 bits per heavy atom. The molecule has 0 radical (unpaired) electrons. The fraction of sp³-hybridized carbons (Fsp3) is 0.0303. The number of nitrogens with two attached hydrogens (primary N) is 4. The van der Waals surface area contributed by atoms with Gasteiger partial charge in [0.1, 0.15) is 0 Å². The van der Waals surface area contributed by atoms with Crippen LogP contribution < -0.4 is 33.4 Å². The van der Waals surface area contributed by atoms with Gasteiger partial charge in [0, 0.05) is 0 Å². The molecule has 4 heteroatoms. The molecule has 4 nitrogen and oxygen atoms in total. The van der Waals surface area contributed by atoms with Crippen LogP contribution in [0.2, 0.25) is 0 Å². The molecule has 0 heterocycles. The van der Waals surface area contributed by atoms with E-state index in [-0.39, 0.29) is 0 Å². The number of benzene rings is 5. The second-order valence-corrected chi connectivity index (χ2v) is 9.81. The summed E-state index contributed by atoms with van der Waals surface area (Å²) in [5.41, 5.74) is 31.7. The number of rotatable bonds is 2. The first-order valence-corrected chi connectivity index (χ1v) is 12.4. The Balaban J connectivity index is 1.79. The van der Waals surface area contributed by atoms with Gasteiger partial charge in [-0.2, -0.15) is 0 Å². The highest BCUT2D eigenvalue weighted by Crippen LogP contribution is 2.52. The molecule has 0 atom stereocenters. The first kappa shape index (κ1) is 21.3. The first-order valence-electron chi connectivity index (χ1n) is 12.4. The lowest BCUT2D eigenvalue weighted by Gasteiger charge is -2.38. The summed E-state index contributed by atoms with van der Waals surface area (Å²) in [5.74, 6) is 0. The van der Waals surface area contributed by atoms with Crippen molar-refractivity contribution in [2.75, 3.05) is 22.9 Å². The molecule has 0 fully saturated rings. The standard InChI is InChI=1S/C33H26N4/c34-27-15-5-13-25(31(27)36)33(26-14-6-16-28(35)32(26)37)17-7-8-19-18-24-22-11-2-1-9-20(22)21-10-3-4-12-23(21)29(24)30(19)33/h1-18H,34-37H2. The summed E-state index contributed by atoms with van der Waals surface area (Å²) in [7, 11) is 0. The highest BCUT2D eigenvalue weighted by molar-refractivity contribution is 6.12. The van der Waals surface area contributed by atoms with Gasteiger partial charge in [-0.3, -0.25) is 0 Å². The van der Waals surface area contributed by atoms with E-state index in [0.29, 0.717) is 22.7 Å². The zero-order chi connectivity index (χ0) is 25.3. The largest absolute Gasteiger partial charge is 0.397 e. The third kappa shape index (κ3) is 2.72. The quantitative estimate of drug-likeness (QED) is 0.217. The summed E-state index contributed by atoms with van der Waals surface area (Å²) in [6.07, 6.45) is 8.75. The van der Waals surface area contributed by atoms with E-state index in [1.165, 1.54) is 32.0 Å². The smallest absolute Gasteiger partial charge is 0.0689 e. The van der Waals surface area contributed by atoms with Gasteiger partial charge in [0.05, 0.1) is 28.2 Å². The number of para-hydroxylation sites is 2. The van der Waals surface area contributed by atoms with Crippen molar-refractivity contribution < 1.29 is 0 Å². The predicted molar refractivity (Wildman–Crippen MR) is 157 cm³/mol. The zero-order valence-electron chi connectivity index (χ0n) is 20.2. The van der Waals surface area contributed by atoms with Gasteiger partial charge in [-0.15, -0.1) is 0 Å². The Morgan fingerprint density at radius 2 is 1.08 bits per heavy atom. The molecule has 7 rings (SSSR count). The van der Waals surface area contributed by atoms with Crippen LogP contribution in [0.25, 0.3) is 33.2 Å². The Hall–Kier alpha value is -4.96. The van der Waals surface area contributed by atoms with Crippen molar-refractivity contribution in [3.05, 3.63) is 130 Å². The zero-order valence-corrected chi connectivity index (χ0v) is 20.2. The summed E-state index contributed by atoms with van der Waals surface area (Å²) in [6.45, 7) is 0. The monoisotopic (exact) mass is 478 g/mol. The fourth-order valence-electron chi connectivity index (χ4n) is 6.34. The summed E-state index contributed by atoms with van der Waals surface area (Å²) in [5, 5.41) is 7.24. The minimum absolute atomic E-state index is 0.537. The molecule has 0 saturated carbocycles. The number of hydrogen-bond donors (Lipinski definition) is 4. The van der Waals surface area contributed by atoms with Crippen LogP contribution in [0.4, 0.5) is 22.7 Å². The molecule has 0 bridgehead atoms. The lowest BCUT2D eigenvalue weighted by atomic mass is 9.64. The molecule has 37 heavy (non-hydrogen) atoms. The van der Waals surface area contributed by atoms with Gasteiger partial charge in [0.25, 0.3) is 0 Å². The Labute approximate surface area is 214 Å². The molecule has 0 amide bonds. The van der Waals surface area contributed by atoms with Crippen LogP contribution in [0, 0.1) is 0 Å². The molecular weight excluding hydrogens is 452 g/mol. The third-order valence-electron chi connectivity index (χ3n) is 7.96. The van der Waals surface area contributed by atoms with E-state index < -0.39 is 5.41 Å². The van der Waals surface area contributed by atoms with Gasteiger partial charge in [0.2, 0.25) is 0 Å². The molecule has 5 aromatic rings. The molecule has 0 aromatic heterocycles. The number of allylic oxidation sites excluding steroid dienone is 4. The second kappa shape index (κ2) is 7.52. The van der Waals surface area contributed by atoms with Crippen LogP contribution in [0.3, 0.4) is 0 Å². The summed E-state index contributed by atoms with van der Waals surface area (Å²) in [6, 6.07) is 28.9. The van der Waals surface area contributed by atoms with E-state index in [4.69, 9.17) is 22.9 Å². The molecule has 0 spiro atoms. The van der Waals surface area contributed by atoms with Crippen LogP contribution in [-0.4, -0.2) is 0 Å². The van der Waals surface area contributed by atoms with Gasteiger partial charge in [-0.05, 0) is 72.5 Å². The van der Waals surface area contributed by atoms with E-state index in [1.807, 2.05) is 24.3 Å². The molecule has 2 aliphatic carbocycles. The summed E-state index contributed by atoms with van der Waals surface area (Å²) in [4.78, 5) is 0. The van der Waals surface area contributed by atoms with Crippen molar-refractivity contribution in [1.29, 1.82) is 0 Å². The summed E-state index contributed by atoms with van der Waals surface area (Å²) >= 11 is 0. The van der Waals surface area contributed by atoms with Crippen LogP contribution in [0.15, 0.2) is 109 Å². The summed E-state index contributed by atoms with van der Waals surface area (Å²) < 4.78 is 0. The van der Waals surface area contributed by atoms with Crippen molar-refractivity contribution in [3.63, 3.8) is 0 Å². The average Bonchev–Trinajstić information content (AvgIpc) is 3.33. The van der Waals surface area contributed by atoms with Gasteiger partial charge < -0.3 is 22.9 Å². The van der Waals surface area contributed by atoms with E-state index in [2.05, 4.69) is 85.0 Å². The molecular formula is C33H26N4. The van der Waals surface area contributed by atoms with Gasteiger partial charge >= 0.3 is 0 Å². The van der Waals surface area contributed by atoms with Gasteiger partial charge in [0.15, 0.2) is 0 Å². The maximum Gasteiger partial charge on any atom is 0.0689 e. The van der Waals surface area contributed by atoms with Crippen molar-refractivity contribution in [1.82, 2.24) is 0 Å². The maximum atomic E-state index is 6.76. The lowest BCUT2D eigenvalue weighted by Crippen LogP contribution is -2.37. The average molecular weight is 479 g/mol. The number of nitrogen functional groups attached to an aromatic ring is 4. The molecule has 0 unspecified atom stereocenters. The second-order valence-electron chi connectivity index (χ2n) is 9.81. The Morgan fingerprint density at radius 3 is 1.70 bits per heavy atom. The van der Waals surface area contributed by atoms with Crippen molar-refractivity contribution >= 4 is 55.9 Å². The number of anilines is 4. The van der Waals surface area contributed by atoms with Crippen LogP contribution >= 0.6 is 0 Å². The fourth-order valence-corrected chi connectivity index (χ4v) is 6.34. The predicted octanol–water partition coefficient (Wildman–Crippen LogP) is 4.75. The van der Waals surface area contributed by atoms with Crippen LogP contribution in [0.1, 0.15) is 11.1 Å². The Kier molecular flexibility index (Phi) is 4.33. The number of fused-ring (bicyclic) bond motifs is 7. The highest BCUT2D eigenvalue weighted by Gasteiger charge is 2.43. The normalized spacial score (nSPS) is 15.4. The van der Waals surface area contributed by atoms with Crippen molar-refractivity contribution in [2.24, 2.45) is 0 Å². The lowest BCUT2D eigenvalue weighted by molar-refractivity contribution is 0.838. The topological polar surface area (TPSA) is 104 Å².